The number of rotatable bonds is 8. The Morgan fingerprint density at radius 3 is 2.40 bits per heavy atom. The molecule has 30 heavy (non-hydrogen) atoms. The molecule has 1 aliphatic rings. The summed E-state index contributed by atoms with van der Waals surface area (Å²) in [6, 6.07) is 12.7. The number of carbonyl (C=O) groups is 1. The van der Waals surface area contributed by atoms with E-state index in [9.17, 15) is 13.2 Å². The van der Waals surface area contributed by atoms with Crippen molar-refractivity contribution in [2.75, 3.05) is 25.1 Å². The normalized spacial score (nSPS) is 13.6. The van der Waals surface area contributed by atoms with Gasteiger partial charge in [0.15, 0.2) is 0 Å². The Morgan fingerprint density at radius 2 is 1.77 bits per heavy atom. The van der Waals surface area contributed by atoms with Crippen molar-refractivity contribution in [1.29, 1.82) is 0 Å². The van der Waals surface area contributed by atoms with Crippen LogP contribution in [-0.2, 0) is 14.8 Å². The summed E-state index contributed by atoms with van der Waals surface area (Å²) in [4.78, 5) is 12.7. The number of methoxy groups -OCH3 is 2. The Bertz CT molecular complexity index is 1010. The van der Waals surface area contributed by atoms with Crippen LogP contribution in [-0.4, -0.2) is 40.8 Å². The number of sulfonamides is 1. The fraction of sp³-hybridized carbons (Fsp3) is 0.333. The van der Waals surface area contributed by atoms with E-state index in [4.69, 9.17) is 9.47 Å². The van der Waals surface area contributed by atoms with Gasteiger partial charge in [-0.3, -0.25) is 9.10 Å². The van der Waals surface area contributed by atoms with Crippen LogP contribution in [0.3, 0.4) is 0 Å². The molecule has 0 unspecified atom stereocenters. The number of anilines is 1. The molecule has 0 spiro atoms. The van der Waals surface area contributed by atoms with E-state index in [-0.39, 0.29) is 10.6 Å². The second-order valence-corrected chi connectivity index (χ2v) is 8.64. The van der Waals surface area contributed by atoms with Crippen LogP contribution >= 0.6 is 0 Å². The van der Waals surface area contributed by atoms with Crippen molar-refractivity contribution in [2.45, 2.75) is 30.6 Å². The second kappa shape index (κ2) is 9.62. The standard InChI is InChI=1S/C21H25N3O5S/c1-28-17-12-13-20(29-2)19(14-17)24(30(26,27)18-10-4-3-5-11-18)15-21(25)23-22-16-8-6-7-9-16/h3-5,10-14H,6-9,15H2,1-2H3,(H,23,25). The number of hydrazone groups is 1. The molecular weight excluding hydrogens is 406 g/mol. The molecule has 8 nitrogen and oxygen atoms in total. The SMILES string of the molecule is COc1ccc(OC)c(N(CC(=O)NN=C2CCCC2)S(=O)(=O)c2ccccc2)c1. The highest BCUT2D eigenvalue weighted by atomic mass is 32.2. The molecule has 1 saturated carbocycles. The molecule has 0 aromatic heterocycles. The maximum Gasteiger partial charge on any atom is 0.264 e. The largest absolute Gasteiger partial charge is 0.497 e. The first-order valence-electron chi connectivity index (χ1n) is 9.60. The predicted molar refractivity (Wildman–Crippen MR) is 115 cm³/mol. The molecule has 1 aliphatic carbocycles. The lowest BCUT2D eigenvalue weighted by atomic mass is 10.2. The van der Waals surface area contributed by atoms with E-state index >= 15 is 0 Å². The highest BCUT2D eigenvalue weighted by molar-refractivity contribution is 7.92. The van der Waals surface area contributed by atoms with Crippen LogP contribution in [0.1, 0.15) is 25.7 Å². The van der Waals surface area contributed by atoms with Crippen LogP contribution in [0, 0.1) is 0 Å². The summed E-state index contributed by atoms with van der Waals surface area (Å²) in [7, 11) is -1.14. The van der Waals surface area contributed by atoms with E-state index in [0.717, 1.165) is 35.7 Å². The van der Waals surface area contributed by atoms with Crippen molar-refractivity contribution in [3.05, 3.63) is 48.5 Å². The molecule has 0 saturated heterocycles. The minimum absolute atomic E-state index is 0.0600. The van der Waals surface area contributed by atoms with E-state index in [2.05, 4.69) is 10.5 Å². The molecule has 0 radical (unpaired) electrons. The third-order valence-corrected chi connectivity index (χ3v) is 6.57. The van der Waals surface area contributed by atoms with E-state index in [1.54, 1.807) is 30.3 Å². The van der Waals surface area contributed by atoms with Crippen LogP contribution in [0.25, 0.3) is 0 Å². The van der Waals surface area contributed by atoms with Gasteiger partial charge in [0.1, 0.15) is 18.0 Å². The Labute approximate surface area is 176 Å². The van der Waals surface area contributed by atoms with Crippen molar-refractivity contribution in [2.24, 2.45) is 5.10 Å². The number of nitrogens with zero attached hydrogens (tertiary/aromatic N) is 2. The van der Waals surface area contributed by atoms with Crippen LogP contribution in [0.4, 0.5) is 5.69 Å². The van der Waals surface area contributed by atoms with Crippen LogP contribution in [0.5, 0.6) is 11.5 Å². The Morgan fingerprint density at radius 1 is 1.07 bits per heavy atom. The predicted octanol–water partition coefficient (Wildman–Crippen LogP) is 2.95. The van der Waals surface area contributed by atoms with Crippen molar-refractivity contribution in [3.8, 4) is 11.5 Å². The third kappa shape index (κ3) is 4.91. The number of amides is 1. The van der Waals surface area contributed by atoms with Gasteiger partial charge in [-0.05, 0) is 49.9 Å². The summed E-state index contributed by atoms with van der Waals surface area (Å²) in [6.07, 6.45) is 3.78. The van der Waals surface area contributed by atoms with E-state index in [1.165, 1.54) is 32.4 Å². The lowest BCUT2D eigenvalue weighted by Gasteiger charge is -2.25. The zero-order valence-electron chi connectivity index (χ0n) is 17.0. The number of benzene rings is 2. The van der Waals surface area contributed by atoms with E-state index in [0.29, 0.717) is 11.5 Å². The number of nitrogens with one attached hydrogen (secondary N) is 1. The van der Waals surface area contributed by atoms with Gasteiger partial charge in [0.2, 0.25) is 0 Å². The average molecular weight is 432 g/mol. The summed E-state index contributed by atoms with van der Waals surface area (Å²) in [5.74, 6) is 0.190. The maximum atomic E-state index is 13.4. The highest BCUT2D eigenvalue weighted by Gasteiger charge is 2.30. The monoisotopic (exact) mass is 431 g/mol. The lowest BCUT2D eigenvalue weighted by molar-refractivity contribution is -0.119. The van der Waals surface area contributed by atoms with Gasteiger partial charge in [0.25, 0.3) is 15.9 Å². The van der Waals surface area contributed by atoms with Gasteiger partial charge in [-0.1, -0.05) is 18.2 Å². The average Bonchev–Trinajstić information content (AvgIpc) is 3.30. The van der Waals surface area contributed by atoms with Crippen molar-refractivity contribution in [3.63, 3.8) is 0 Å². The fourth-order valence-electron chi connectivity index (χ4n) is 3.21. The molecule has 3 rings (SSSR count). The molecule has 1 N–H and O–H groups in total. The summed E-state index contributed by atoms with van der Waals surface area (Å²) in [6.45, 7) is -0.461. The van der Waals surface area contributed by atoms with Gasteiger partial charge in [-0.15, -0.1) is 0 Å². The zero-order chi connectivity index (χ0) is 21.6. The molecule has 0 heterocycles. The fourth-order valence-corrected chi connectivity index (χ4v) is 4.66. The Hall–Kier alpha value is -3.07. The summed E-state index contributed by atoms with van der Waals surface area (Å²) in [5, 5.41) is 4.14. The molecule has 0 bridgehead atoms. The van der Waals surface area contributed by atoms with Gasteiger partial charge in [0, 0.05) is 11.8 Å². The van der Waals surface area contributed by atoms with Crippen LogP contribution in [0.2, 0.25) is 0 Å². The van der Waals surface area contributed by atoms with Gasteiger partial charge in [0.05, 0.1) is 24.8 Å². The van der Waals surface area contributed by atoms with E-state index in [1.807, 2.05) is 0 Å². The van der Waals surface area contributed by atoms with Gasteiger partial charge < -0.3 is 9.47 Å². The molecule has 0 atom stereocenters. The molecule has 9 heteroatoms. The van der Waals surface area contributed by atoms with Gasteiger partial charge in [-0.2, -0.15) is 5.10 Å². The minimum Gasteiger partial charge on any atom is -0.497 e. The molecule has 0 aliphatic heterocycles. The van der Waals surface area contributed by atoms with Gasteiger partial charge in [-0.25, -0.2) is 13.8 Å². The molecule has 160 valence electrons. The number of hydrogen-bond acceptors (Lipinski definition) is 6. The maximum absolute atomic E-state index is 13.4. The molecule has 2 aromatic carbocycles. The Kier molecular flexibility index (Phi) is 6.94. The first-order valence-corrected chi connectivity index (χ1v) is 11.0. The topological polar surface area (TPSA) is 97.3 Å². The third-order valence-electron chi connectivity index (χ3n) is 4.79. The number of hydrogen-bond donors (Lipinski definition) is 1. The summed E-state index contributed by atoms with van der Waals surface area (Å²) in [5.41, 5.74) is 3.60. The van der Waals surface area contributed by atoms with Crippen molar-refractivity contribution in [1.82, 2.24) is 5.43 Å². The summed E-state index contributed by atoms with van der Waals surface area (Å²) >= 11 is 0. The molecule has 1 amide bonds. The number of carbonyl (C=O) groups excluding carboxylic acids is 1. The quantitative estimate of drug-likeness (QED) is 0.648. The lowest BCUT2D eigenvalue weighted by Crippen LogP contribution is -2.40. The van der Waals surface area contributed by atoms with Crippen molar-refractivity contribution < 1.29 is 22.7 Å². The summed E-state index contributed by atoms with van der Waals surface area (Å²) < 4.78 is 38.4. The van der Waals surface area contributed by atoms with Crippen LogP contribution < -0.4 is 19.2 Å². The minimum atomic E-state index is -4.06. The second-order valence-electron chi connectivity index (χ2n) is 6.78. The smallest absolute Gasteiger partial charge is 0.264 e. The Balaban J connectivity index is 1.99. The number of ether oxygens (including phenoxy) is 2. The van der Waals surface area contributed by atoms with E-state index < -0.39 is 22.5 Å². The first-order chi connectivity index (χ1) is 14.5. The van der Waals surface area contributed by atoms with Crippen molar-refractivity contribution >= 4 is 27.3 Å². The van der Waals surface area contributed by atoms with Crippen LogP contribution in [0.15, 0.2) is 58.5 Å². The molecule has 1 fully saturated rings. The highest BCUT2D eigenvalue weighted by Crippen LogP contribution is 2.35. The van der Waals surface area contributed by atoms with Gasteiger partial charge >= 0.3 is 0 Å². The zero-order valence-corrected chi connectivity index (χ0v) is 17.8. The molecule has 2 aromatic rings. The first kappa shape index (κ1) is 21.6. The molecular formula is C21H25N3O5S.